The van der Waals surface area contributed by atoms with Crippen molar-refractivity contribution in [2.24, 2.45) is 5.73 Å². The molecule has 0 bridgehead atoms. The minimum atomic E-state index is -1.65. The van der Waals surface area contributed by atoms with E-state index >= 15 is 0 Å². The maximum absolute atomic E-state index is 14.7. The van der Waals surface area contributed by atoms with E-state index in [1.54, 1.807) is 0 Å². The number of aromatic hydroxyl groups is 1. The highest BCUT2D eigenvalue weighted by Crippen LogP contribution is 2.40. The largest absolute Gasteiger partial charge is 0.504 e. The van der Waals surface area contributed by atoms with Crippen LogP contribution in [0.5, 0.6) is 5.75 Å². The maximum Gasteiger partial charge on any atom is 0.341 e. The van der Waals surface area contributed by atoms with E-state index in [4.69, 9.17) is 11.5 Å². The predicted molar refractivity (Wildman–Crippen MR) is 103 cm³/mol. The minimum absolute atomic E-state index is 0.227. The van der Waals surface area contributed by atoms with Crippen molar-refractivity contribution in [1.82, 2.24) is 4.57 Å². The zero-order chi connectivity index (χ0) is 21.9. The highest BCUT2D eigenvalue weighted by Gasteiger charge is 2.31. The summed E-state index contributed by atoms with van der Waals surface area (Å²) in [4.78, 5) is 25.5. The van der Waals surface area contributed by atoms with E-state index in [-0.39, 0.29) is 30.3 Å². The third-order valence-electron chi connectivity index (χ3n) is 4.97. The molecule has 1 saturated heterocycles. The lowest BCUT2D eigenvalue weighted by molar-refractivity contribution is 0.0695. The number of carboxylic acids is 1. The lowest BCUT2D eigenvalue weighted by Gasteiger charge is -2.39. The number of nitrogens with zero attached hydrogens (tertiary/aromatic N) is 2. The molecular weight excluding hydrogens is 405 g/mol. The molecule has 11 heteroatoms. The summed E-state index contributed by atoms with van der Waals surface area (Å²) >= 11 is 0. The predicted octanol–water partition coefficient (Wildman–Crippen LogP) is 1.54. The Morgan fingerprint density at radius 3 is 2.37 bits per heavy atom. The molecule has 0 unspecified atom stereocenters. The van der Waals surface area contributed by atoms with Gasteiger partial charge in [0.15, 0.2) is 11.6 Å². The highest BCUT2D eigenvalue weighted by atomic mass is 19.1. The molecule has 1 aliphatic heterocycles. The van der Waals surface area contributed by atoms with E-state index in [0.29, 0.717) is 6.07 Å². The Labute approximate surface area is 166 Å². The standard InChI is InChI=1S/C19H15F3N4O4/c20-10-2-11(21)14(3-13(10)24)26-6-9(19(29)30)17(27)8-1-12(22)16(18(28)15(8)26)25-4-7(23)5-25/h1-3,6-7,28H,4-5,23-24H2,(H,29,30). The molecule has 2 heterocycles. The number of fused-ring (bicyclic) bond motifs is 1. The van der Waals surface area contributed by atoms with E-state index < -0.39 is 56.9 Å². The molecule has 0 radical (unpaired) electrons. The van der Waals surface area contributed by atoms with Crippen LogP contribution in [-0.2, 0) is 0 Å². The molecule has 156 valence electrons. The first kappa shape index (κ1) is 19.6. The quantitative estimate of drug-likeness (QED) is 0.472. The zero-order valence-corrected chi connectivity index (χ0v) is 15.2. The summed E-state index contributed by atoms with van der Waals surface area (Å²) < 4.78 is 43.7. The first-order valence-electron chi connectivity index (χ1n) is 8.69. The number of anilines is 2. The molecule has 0 saturated carbocycles. The fraction of sp³-hybridized carbons (Fsp3) is 0.158. The van der Waals surface area contributed by atoms with Crippen molar-refractivity contribution in [3.63, 3.8) is 0 Å². The van der Waals surface area contributed by atoms with E-state index in [9.17, 15) is 33.0 Å². The van der Waals surface area contributed by atoms with Crippen LogP contribution in [0.4, 0.5) is 24.5 Å². The second kappa shape index (κ2) is 6.66. The number of nitrogens with two attached hydrogens (primary N) is 2. The van der Waals surface area contributed by atoms with Gasteiger partial charge in [-0.1, -0.05) is 0 Å². The van der Waals surface area contributed by atoms with Gasteiger partial charge in [-0.3, -0.25) is 4.79 Å². The fourth-order valence-electron chi connectivity index (χ4n) is 3.51. The molecule has 1 aliphatic rings. The lowest BCUT2D eigenvalue weighted by atomic mass is 10.0. The van der Waals surface area contributed by atoms with Crippen LogP contribution in [0.2, 0.25) is 0 Å². The molecule has 8 nitrogen and oxygen atoms in total. The molecule has 30 heavy (non-hydrogen) atoms. The number of phenols is 1. The number of halogens is 3. The number of aromatic carboxylic acids is 1. The van der Waals surface area contributed by atoms with Crippen LogP contribution in [-0.4, -0.2) is 39.9 Å². The molecule has 3 aromatic rings. The number of carbonyl (C=O) groups is 1. The molecule has 2 aromatic carbocycles. The third-order valence-corrected chi connectivity index (χ3v) is 4.97. The first-order chi connectivity index (χ1) is 14.1. The average molecular weight is 420 g/mol. The molecule has 0 aliphatic carbocycles. The van der Waals surface area contributed by atoms with Gasteiger partial charge in [-0.2, -0.15) is 0 Å². The number of aromatic nitrogens is 1. The second-order valence-electron chi connectivity index (χ2n) is 6.99. The van der Waals surface area contributed by atoms with Crippen molar-refractivity contribution in [3.05, 3.63) is 57.6 Å². The molecule has 1 aromatic heterocycles. The summed E-state index contributed by atoms with van der Waals surface area (Å²) in [5.74, 6) is -5.53. The van der Waals surface area contributed by atoms with Gasteiger partial charge in [0.25, 0.3) is 0 Å². The van der Waals surface area contributed by atoms with E-state index in [1.165, 1.54) is 4.90 Å². The lowest BCUT2D eigenvalue weighted by Crippen LogP contribution is -2.56. The smallest absolute Gasteiger partial charge is 0.341 e. The van der Waals surface area contributed by atoms with E-state index in [2.05, 4.69) is 0 Å². The Morgan fingerprint density at radius 1 is 1.10 bits per heavy atom. The van der Waals surface area contributed by atoms with Gasteiger partial charge in [0.2, 0.25) is 5.43 Å². The maximum atomic E-state index is 14.7. The van der Waals surface area contributed by atoms with Crippen LogP contribution in [0.25, 0.3) is 16.6 Å². The van der Waals surface area contributed by atoms with Crippen LogP contribution in [0.15, 0.2) is 29.2 Å². The van der Waals surface area contributed by atoms with Crippen molar-refractivity contribution in [1.29, 1.82) is 0 Å². The van der Waals surface area contributed by atoms with Gasteiger partial charge in [0.1, 0.15) is 28.4 Å². The van der Waals surface area contributed by atoms with Crippen molar-refractivity contribution in [2.45, 2.75) is 6.04 Å². The summed E-state index contributed by atoms with van der Waals surface area (Å²) in [5.41, 5.74) is 7.82. The number of carboxylic acid groups (broad SMARTS) is 1. The fourth-order valence-corrected chi connectivity index (χ4v) is 3.51. The van der Waals surface area contributed by atoms with Crippen LogP contribution >= 0.6 is 0 Å². The number of rotatable bonds is 3. The number of pyridine rings is 1. The number of benzene rings is 2. The summed E-state index contributed by atoms with van der Waals surface area (Å²) in [6, 6.07) is 1.88. The normalized spacial score (nSPS) is 14.2. The summed E-state index contributed by atoms with van der Waals surface area (Å²) in [6.45, 7) is 0.455. The van der Waals surface area contributed by atoms with Crippen LogP contribution < -0.4 is 21.8 Å². The molecule has 0 atom stereocenters. The minimum Gasteiger partial charge on any atom is -0.504 e. The van der Waals surface area contributed by atoms with Crippen molar-refractivity contribution >= 4 is 28.2 Å². The van der Waals surface area contributed by atoms with Crippen molar-refractivity contribution in [3.8, 4) is 11.4 Å². The summed E-state index contributed by atoms with van der Waals surface area (Å²) in [6.07, 6.45) is 0.770. The van der Waals surface area contributed by atoms with Crippen LogP contribution in [0.3, 0.4) is 0 Å². The number of hydrogen-bond acceptors (Lipinski definition) is 6. The average Bonchev–Trinajstić information content (AvgIpc) is 2.64. The second-order valence-corrected chi connectivity index (χ2v) is 6.99. The zero-order valence-electron chi connectivity index (χ0n) is 15.2. The van der Waals surface area contributed by atoms with Gasteiger partial charge in [-0.05, 0) is 12.1 Å². The van der Waals surface area contributed by atoms with Gasteiger partial charge >= 0.3 is 5.97 Å². The third kappa shape index (κ3) is 2.82. The molecular formula is C19H15F3N4O4. The Hall–Kier alpha value is -3.73. The Balaban J connectivity index is 2.14. The van der Waals surface area contributed by atoms with Gasteiger partial charge < -0.3 is 31.1 Å². The number of phenolic OH excluding ortho intramolecular Hbond substituents is 1. The van der Waals surface area contributed by atoms with Gasteiger partial charge in [0, 0.05) is 31.4 Å². The topological polar surface area (TPSA) is 135 Å². The molecule has 1 fully saturated rings. The Bertz CT molecular complexity index is 1290. The number of nitrogen functional groups attached to an aromatic ring is 1. The van der Waals surface area contributed by atoms with E-state index in [1.807, 2.05) is 0 Å². The molecule has 0 amide bonds. The Morgan fingerprint density at radius 2 is 1.77 bits per heavy atom. The van der Waals surface area contributed by atoms with E-state index in [0.717, 1.165) is 22.9 Å². The van der Waals surface area contributed by atoms with Crippen molar-refractivity contribution in [2.75, 3.05) is 23.7 Å². The SMILES string of the molecule is Nc1cc(-n2cc(C(=O)O)c(=O)c3cc(F)c(N4CC(N)C4)c(O)c32)c(F)cc1F. The van der Waals surface area contributed by atoms with Crippen molar-refractivity contribution < 1.29 is 28.2 Å². The molecule has 6 N–H and O–H groups in total. The Kier molecular flexibility index (Phi) is 4.35. The van der Waals surface area contributed by atoms with Crippen LogP contribution in [0.1, 0.15) is 10.4 Å². The number of hydrogen-bond donors (Lipinski definition) is 4. The highest BCUT2D eigenvalue weighted by molar-refractivity contribution is 5.97. The summed E-state index contributed by atoms with van der Waals surface area (Å²) in [7, 11) is 0. The van der Waals surface area contributed by atoms with Crippen LogP contribution in [0, 0.1) is 17.5 Å². The van der Waals surface area contributed by atoms with Gasteiger partial charge in [-0.15, -0.1) is 0 Å². The molecule has 0 spiro atoms. The first-order valence-corrected chi connectivity index (χ1v) is 8.69. The monoisotopic (exact) mass is 420 g/mol. The molecule has 4 rings (SSSR count). The summed E-state index contributed by atoms with van der Waals surface area (Å²) in [5, 5.41) is 19.7. The van der Waals surface area contributed by atoms with Gasteiger partial charge in [0.05, 0.1) is 16.8 Å². The van der Waals surface area contributed by atoms with Gasteiger partial charge in [-0.25, -0.2) is 18.0 Å².